The van der Waals surface area contributed by atoms with Crippen molar-refractivity contribution in [3.8, 4) is 0 Å². The van der Waals surface area contributed by atoms with Gasteiger partial charge in [0.1, 0.15) is 11.4 Å². The van der Waals surface area contributed by atoms with Crippen molar-refractivity contribution in [2.75, 3.05) is 31.1 Å². The molecular formula is C23H22FN3O3. The minimum atomic E-state index is -1.30. The Bertz CT molecular complexity index is 1200. The molecular weight excluding hydrogens is 385 g/mol. The molecule has 7 heteroatoms. The van der Waals surface area contributed by atoms with Crippen molar-refractivity contribution >= 4 is 22.6 Å². The fraction of sp³-hybridized carbons (Fsp3) is 0.304. The van der Waals surface area contributed by atoms with Gasteiger partial charge in [0, 0.05) is 37.8 Å². The van der Waals surface area contributed by atoms with E-state index in [1.54, 1.807) is 6.07 Å². The number of nitrogens with zero attached hydrogens (tertiary/aromatic N) is 2. The molecule has 1 aliphatic heterocycles. The average molecular weight is 407 g/mol. The molecule has 0 bridgehead atoms. The number of carbonyl (C=O) groups is 1. The Balaban J connectivity index is 1.79. The van der Waals surface area contributed by atoms with Crippen LogP contribution in [0.3, 0.4) is 0 Å². The fourth-order valence-corrected chi connectivity index (χ4v) is 4.52. The number of aromatic nitrogens is 1. The summed E-state index contributed by atoms with van der Waals surface area (Å²) in [6.07, 6.45) is 3.09. The molecule has 0 spiro atoms. The maximum absolute atomic E-state index is 15.0. The number of fused-ring (bicyclic) bond motifs is 1. The topological polar surface area (TPSA) is 74.6 Å². The van der Waals surface area contributed by atoms with E-state index in [9.17, 15) is 14.7 Å². The van der Waals surface area contributed by atoms with Gasteiger partial charge in [-0.1, -0.05) is 30.3 Å². The van der Waals surface area contributed by atoms with Gasteiger partial charge in [-0.3, -0.25) is 4.79 Å². The normalized spacial score (nSPS) is 17.8. The molecule has 0 amide bonds. The molecule has 154 valence electrons. The highest BCUT2D eigenvalue weighted by Crippen LogP contribution is 2.50. The van der Waals surface area contributed by atoms with Crippen LogP contribution >= 0.6 is 0 Å². The van der Waals surface area contributed by atoms with E-state index in [1.165, 1.54) is 12.3 Å². The van der Waals surface area contributed by atoms with Gasteiger partial charge in [0.25, 0.3) is 0 Å². The first-order valence-electron chi connectivity index (χ1n) is 10.2. The van der Waals surface area contributed by atoms with Crippen LogP contribution in [-0.2, 0) is 5.54 Å². The number of hydrogen-bond donors (Lipinski definition) is 2. The van der Waals surface area contributed by atoms with Gasteiger partial charge in [-0.25, -0.2) is 9.18 Å². The van der Waals surface area contributed by atoms with E-state index in [4.69, 9.17) is 0 Å². The molecule has 1 saturated heterocycles. The summed E-state index contributed by atoms with van der Waals surface area (Å²) >= 11 is 0. The maximum atomic E-state index is 15.0. The molecule has 2 N–H and O–H groups in total. The van der Waals surface area contributed by atoms with Gasteiger partial charge in [0.2, 0.25) is 5.43 Å². The summed E-state index contributed by atoms with van der Waals surface area (Å²) in [5, 5.41) is 13.0. The number of benzene rings is 2. The summed E-state index contributed by atoms with van der Waals surface area (Å²) in [7, 11) is 0. The van der Waals surface area contributed by atoms with Gasteiger partial charge in [-0.2, -0.15) is 0 Å². The molecule has 6 nitrogen and oxygen atoms in total. The monoisotopic (exact) mass is 407 g/mol. The molecule has 30 heavy (non-hydrogen) atoms. The predicted octanol–water partition coefficient (Wildman–Crippen LogP) is 2.79. The number of rotatable bonds is 4. The van der Waals surface area contributed by atoms with Gasteiger partial charge >= 0.3 is 5.97 Å². The standard InChI is InChI=1S/C23H22FN3O3/c24-18-12-16-19(13-20(18)26-10-8-25-9-11-26)27(14-17(21(16)28)22(29)30)23(6-7-23)15-4-2-1-3-5-15/h1-5,12-14,25H,6-11H2,(H,29,30). The van der Waals surface area contributed by atoms with Crippen molar-refractivity contribution in [2.45, 2.75) is 18.4 Å². The van der Waals surface area contributed by atoms with Crippen molar-refractivity contribution in [3.63, 3.8) is 0 Å². The van der Waals surface area contributed by atoms with Gasteiger partial charge in [-0.05, 0) is 30.5 Å². The lowest BCUT2D eigenvalue weighted by Gasteiger charge is -2.31. The van der Waals surface area contributed by atoms with Crippen LogP contribution in [0.1, 0.15) is 28.8 Å². The number of halogens is 1. The summed E-state index contributed by atoms with van der Waals surface area (Å²) in [4.78, 5) is 26.6. The Morgan fingerprint density at radius 3 is 2.43 bits per heavy atom. The fourth-order valence-electron chi connectivity index (χ4n) is 4.52. The number of piperazine rings is 1. The van der Waals surface area contributed by atoms with Gasteiger partial charge in [-0.15, -0.1) is 0 Å². The first-order valence-corrected chi connectivity index (χ1v) is 10.2. The van der Waals surface area contributed by atoms with Crippen LogP contribution in [0.15, 0.2) is 53.5 Å². The van der Waals surface area contributed by atoms with Crippen molar-refractivity contribution in [3.05, 3.63) is 75.8 Å². The summed E-state index contributed by atoms with van der Waals surface area (Å²) in [5.74, 6) is -1.80. The molecule has 2 fully saturated rings. The smallest absolute Gasteiger partial charge is 0.341 e. The van der Waals surface area contributed by atoms with Crippen LogP contribution in [0, 0.1) is 5.82 Å². The SMILES string of the molecule is O=C(O)c1cn(C2(c3ccccc3)CC2)c2cc(N3CCNCC3)c(F)cc2c1=O. The number of nitrogens with one attached hydrogen (secondary N) is 1. The third-order valence-electron chi connectivity index (χ3n) is 6.26. The summed E-state index contributed by atoms with van der Waals surface area (Å²) in [5.41, 5.74) is 0.669. The minimum Gasteiger partial charge on any atom is -0.477 e. The highest BCUT2D eigenvalue weighted by molar-refractivity contribution is 5.94. The second kappa shape index (κ2) is 6.95. The van der Waals surface area contributed by atoms with E-state index < -0.39 is 22.8 Å². The Hall–Kier alpha value is -3.19. The van der Waals surface area contributed by atoms with Gasteiger partial charge in [0.15, 0.2) is 0 Å². The van der Waals surface area contributed by atoms with Gasteiger partial charge in [0.05, 0.1) is 16.7 Å². The number of aromatic carboxylic acids is 1. The predicted molar refractivity (Wildman–Crippen MR) is 113 cm³/mol. The van der Waals surface area contributed by atoms with Crippen LogP contribution in [-0.4, -0.2) is 41.8 Å². The quantitative estimate of drug-likeness (QED) is 0.696. The summed E-state index contributed by atoms with van der Waals surface area (Å²) in [6, 6.07) is 12.8. The van der Waals surface area contributed by atoms with E-state index in [0.717, 1.165) is 31.5 Å². The highest BCUT2D eigenvalue weighted by atomic mass is 19.1. The molecule has 0 radical (unpaired) electrons. The first kappa shape index (κ1) is 18.8. The number of hydrogen-bond acceptors (Lipinski definition) is 4. The first-order chi connectivity index (χ1) is 14.5. The Kier molecular flexibility index (Phi) is 4.36. The third-order valence-corrected chi connectivity index (χ3v) is 6.26. The number of carboxylic acid groups (broad SMARTS) is 1. The second-order valence-electron chi connectivity index (χ2n) is 8.00. The summed E-state index contributed by atoms with van der Waals surface area (Å²) in [6.45, 7) is 2.86. The third kappa shape index (κ3) is 2.89. The lowest BCUT2D eigenvalue weighted by Crippen LogP contribution is -2.44. The van der Waals surface area contributed by atoms with E-state index in [2.05, 4.69) is 5.32 Å². The lowest BCUT2D eigenvalue weighted by atomic mass is 10.0. The molecule has 0 atom stereocenters. The number of carboxylic acids is 1. The van der Waals surface area contributed by atoms with Crippen molar-refractivity contribution in [2.24, 2.45) is 0 Å². The highest BCUT2D eigenvalue weighted by Gasteiger charge is 2.47. The second-order valence-corrected chi connectivity index (χ2v) is 8.00. The van der Waals surface area contributed by atoms with Crippen molar-refractivity contribution in [1.82, 2.24) is 9.88 Å². The molecule has 3 aromatic rings. The van der Waals surface area contributed by atoms with E-state index >= 15 is 4.39 Å². The molecule has 0 unspecified atom stereocenters. The Morgan fingerprint density at radius 2 is 1.80 bits per heavy atom. The van der Waals surface area contributed by atoms with Crippen LogP contribution in [0.4, 0.5) is 10.1 Å². The molecule has 5 rings (SSSR count). The number of pyridine rings is 1. The zero-order valence-electron chi connectivity index (χ0n) is 16.4. The zero-order valence-corrected chi connectivity index (χ0v) is 16.4. The molecule has 2 heterocycles. The Labute approximate surface area is 172 Å². The molecule has 2 aromatic carbocycles. The van der Waals surface area contributed by atoms with Crippen LogP contribution in [0.5, 0.6) is 0 Å². The van der Waals surface area contributed by atoms with Crippen LogP contribution in [0.25, 0.3) is 10.9 Å². The van der Waals surface area contributed by atoms with E-state index in [0.29, 0.717) is 24.3 Å². The van der Waals surface area contributed by atoms with Crippen molar-refractivity contribution < 1.29 is 14.3 Å². The molecule has 2 aliphatic rings. The molecule has 1 aromatic heterocycles. The molecule has 1 saturated carbocycles. The van der Waals surface area contributed by atoms with Crippen LogP contribution < -0.4 is 15.6 Å². The van der Waals surface area contributed by atoms with E-state index in [-0.39, 0.29) is 10.9 Å². The zero-order chi connectivity index (χ0) is 20.9. The largest absolute Gasteiger partial charge is 0.477 e. The van der Waals surface area contributed by atoms with Gasteiger partial charge < -0.3 is 19.9 Å². The van der Waals surface area contributed by atoms with Crippen molar-refractivity contribution in [1.29, 1.82) is 0 Å². The van der Waals surface area contributed by atoms with E-state index in [1.807, 2.05) is 39.8 Å². The molecule has 1 aliphatic carbocycles. The number of anilines is 1. The Morgan fingerprint density at radius 1 is 1.10 bits per heavy atom. The minimum absolute atomic E-state index is 0.105. The summed E-state index contributed by atoms with van der Waals surface area (Å²) < 4.78 is 16.9. The lowest BCUT2D eigenvalue weighted by molar-refractivity contribution is 0.0694. The van der Waals surface area contributed by atoms with Crippen LogP contribution in [0.2, 0.25) is 0 Å². The maximum Gasteiger partial charge on any atom is 0.341 e. The average Bonchev–Trinajstić information content (AvgIpc) is 3.57.